The number of halogens is 1. The molecule has 0 spiro atoms. The van der Waals surface area contributed by atoms with Crippen LogP contribution in [0.4, 0.5) is 0 Å². The van der Waals surface area contributed by atoms with Gasteiger partial charge in [0.2, 0.25) is 23.6 Å². The third-order valence-corrected chi connectivity index (χ3v) is 9.82. The first-order valence-corrected chi connectivity index (χ1v) is 18.5. The summed E-state index contributed by atoms with van der Waals surface area (Å²) in [5.74, 6) is -8.67. The Morgan fingerprint density at radius 3 is 1.62 bits per heavy atom. The first kappa shape index (κ1) is 46.6. The van der Waals surface area contributed by atoms with Crippen LogP contribution in [0.25, 0.3) is 0 Å². The minimum absolute atomic E-state index is 0.0276. The van der Waals surface area contributed by atoms with E-state index in [1.807, 2.05) is 0 Å². The first-order chi connectivity index (χ1) is 24.9. The van der Waals surface area contributed by atoms with Gasteiger partial charge in [-0.1, -0.05) is 29.8 Å². The number of thioether (sulfide) groups is 2. The lowest BCUT2D eigenvalue weighted by molar-refractivity contribution is -0.140. The molecule has 0 fully saturated rings. The molecule has 0 bridgehead atoms. The smallest absolute Gasteiger partial charge is 0.322 e. The van der Waals surface area contributed by atoms with Gasteiger partial charge < -0.3 is 53.2 Å². The molecular formula is C31H43ClN6O13S2. The van der Waals surface area contributed by atoms with Crippen LogP contribution >= 0.6 is 35.1 Å². The summed E-state index contributed by atoms with van der Waals surface area (Å²) in [4.78, 5) is 107. The highest BCUT2D eigenvalue weighted by atomic mass is 35.5. The van der Waals surface area contributed by atoms with Crippen LogP contribution in [-0.4, -0.2) is 128 Å². The van der Waals surface area contributed by atoms with Gasteiger partial charge in [-0.05, 0) is 24.5 Å². The van der Waals surface area contributed by atoms with Gasteiger partial charge >= 0.3 is 23.9 Å². The summed E-state index contributed by atoms with van der Waals surface area (Å²) in [5.41, 5.74) is 11.4. The number of nitrogens with two attached hydrogens (primary N) is 2. The summed E-state index contributed by atoms with van der Waals surface area (Å²) in [5, 5.41) is 44.7. The Kier molecular flexibility index (Phi) is 21.7. The van der Waals surface area contributed by atoms with Crippen LogP contribution in [0.5, 0.6) is 0 Å². The van der Waals surface area contributed by atoms with Gasteiger partial charge in [0.1, 0.15) is 43.0 Å². The van der Waals surface area contributed by atoms with E-state index in [0.717, 1.165) is 23.5 Å². The van der Waals surface area contributed by atoms with Crippen molar-refractivity contribution < 1.29 is 63.6 Å². The molecule has 4 amide bonds. The van der Waals surface area contributed by atoms with Crippen LogP contribution in [0.1, 0.15) is 49.3 Å². The van der Waals surface area contributed by atoms with Crippen molar-refractivity contribution >= 4 is 88.4 Å². The number of Topliss-reactive ketones (excluding diaryl/α,β-unsaturated/α-hetero) is 1. The number of benzene rings is 1. The number of ketones is 1. The molecule has 0 aromatic heterocycles. The highest BCUT2D eigenvalue weighted by molar-refractivity contribution is 7.99. The SMILES string of the molecule is N[C@@H](CCC(=O)N[C@@H](CSCCC(=O)CC(SC[C@H](NC(=O)CC[C@H](N)C(=O)O)C(=O)NCC(=O)O)c1ccccc1Cl)C(=O)NCC(=O)O)C(=O)O. The van der Waals surface area contributed by atoms with Crippen molar-refractivity contribution in [2.75, 3.05) is 30.3 Å². The molecule has 0 aliphatic carbocycles. The minimum Gasteiger partial charge on any atom is -0.480 e. The average molecular weight is 807 g/mol. The maximum Gasteiger partial charge on any atom is 0.322 e. The van der Waals surface area contributed by atoms with Crippen molar-refractivity contribution in [3.63, 3.8) is 0 Å². The number of aliphatic carboxylic acids is 4. The molecule has 0 aliphatic rings. The number of carboxylic acid groups (broad SMARTS) is 4. The molecule has 53 heavy (non-hydrogen) atoms. The number of amides is 4. The topological polar surface area (TPSA) is 335 Å². The summed E-state index contributed by atoms with van der Waals surface area (Å²) in [6, 6.07) is 1.47. The lowest BCUT2D eigenvalue weighted by atomic mass is 10.1. The molecule has 294 valence electrons. The lowest BCUT2D eigenvalue weighted by Crippen LogP contribution is -2.49. The fraction of sp³-hybridized carbons (Fsp3) is 0.516. The maximum absolute atomic E-state index is 13.2. The Morgan fingerprint density at radius 2 is 1.17 bits per heavy atom. The van der Waals surface area contributed by atoms with Crippen molar-refractivity contribution in [3.05, 3.63) is 34.9 Å². The number of hydrogen-bond donors (Lipinski definition) is 10. The molecule has 1 rings (SSSR count). The van der Waals surface area contributed by atoms with Crippen LogP contribution in [0.15, 0.2) is 24.3 Å². The second-order valence-corrected chi connectivity index (χ2v) is 14.1. The number of carboxylic acids is 4. The Bertz CT molecular complexity index is 1490. The zero-order valence-corrected chi connectivity index (χ0v) is 30.7. The Balaban J connectivity index is 2.99. The van der Waals surface area contributed by atoms with Crippen molar-refractivity contribution in [1.82, 2.24) is 21.3 Å². The van der Waals surface area contributed by atoms with Gasteiger partial charge in [-0.15, -0.1) is 0 Å². The third kappa shape index (κ3) is 19.8. The molecular weight excluding hydrogens is 764 g/mol. The van der Waals surface area contributed by atoms with E-state index in [1.165, 1.54) is 0 Å². The van der Waals surface area contributed by atoms with Crippen LogP contribution in [0.3, 0.4) is 0 Å². The van der Waals surface area contributed by atoms with E-state index in [4.69, 9.17) is 43.5 Å². The number of carbonyl (C=O) groups excluding carboxylic acids is 5. The fourth-order valence-electron chi connectivity index (χ4n) is 4.19. The molecule has 5 atom stereocenters. The maximum atomic E-state index is 13.2. The van der Waals surface area contributed by atoms with Crippen molar-refractivity contribution in [1.29, 1.82) is 0 Å². The van der Waals surface area contributed by atoms with Gasteiger partial charge in [-0.3, -0.25) is 43.2 Å². The molecule has 0 aliphatic heterocycles. The zero-order chi connectivity index (χ0) is 40.1. The van der Waals surface area contributed by atoms with E-state index < -0.39 is 90.0 Å². The monoisotopic (exact) mass is 806 g/mol. The Hall–Kier alpha value is -4.44. The highest BCUT2D eigenvalue weighted by Gasteiger charge is 2.27. The average Bonchev–Trinajstić information content (AvgIpc) is 3.09. The highest BCUT2D eigenvalue weighted by Crippen LogP contribution is 2.37. The van der Waals surface area contributed by atoms with Crippen LogP contribution in [-0.2, 0) is 43.2 Å². The quantitative estimate of drug-likeness (QED) is 0.0474. The summed E-state index contributed by atoms with van der Waals surface area (Å²) >= 11 is 8.62. The molecule has 1 unspecified atom stereocenters. The van der Waals surface area contributed by atoms with Crippen molar-refractivity contribution in [2.24, 2.45) is 11.5 Å². The normalized spacial score (nSPS) is 13.6. The number of rotatable bonds is 27. The van der Waals surface area contributed by atoms with E-state index in [9.17, 15) is 43.2 Å². The van der Waals surface area contributed by atoms with Gasteiger partial charge in [-0.25, -0.2) is 0 Å². The molecule has 0 saturated carbocycles. The predicted molar refractivity (Wildman–Crippen MR) is 193 cm³/mol. The summed E-state index contributed by atoms with van der Waals surface area (Å²) in [6.45, 7) is -1.46. The van der Waals surface area contributed by atoms with Gasteiger partial charge in [0.05, 0.1) is 0 Å². The van der Waals surface area contributed by atoms with Crippen molar-refractivity contribution in [3.8, 4) is 0 Å². The predicted octanol–water partition coefficient (Wildman–Crippen LogP) is -1.05. The third-order valence-electron chi connectivity index (χ3n) is 7.07. The molecule has 0 radical (unpaired) electrons. The van der Waals surface area contributed by atoms with Gasteiger partial charge in [0.15, 0.2) is 0 Å². The fourth-order valence-corrected chi connectivity index (χ4v) is 6.88. The lowest BCUT2D eigenvalue weighted by Gasteiger charge is -2.23. The first-order valence-electron chi connectivity index (χ1n) is 15.9. The summed E-state index contributed by atoms with van der Waals surface area (Å²) in [6.07, 6.45) is -1.23. The molecule has 0 saturated heterocycles. The van der Waals surface area contributed by atoms with Crippen LogP contribution < -0.4 is 32.7 Å². The molecule has 0 heterocycles. The Labute approximate surface area is 317 Å². The van der Waals surface area contributed by atoms with Gasteiger partial charge in [0.25, 0.3) is 0 Å². The Morgan fingerprint density at radius 1 is 0.698 bits per heavy atom. The number of hydrogen-bond acceptors (Lipinski definition) is 13. The van der Waals surface area contributed by atoms with Crippen molar-refractivity contribution in [2.45, 2.75) is 67.9 Å². The van der Waals surface area contributed by atoms with E-state index in [0.29, 0.717) is 10.6 Å². The van der Waals surface area contributed by atoms with E-state index in [2.05, 4.69) is 21.3 Å². The van der Waals surface area contributed by atoms with E-state index in [1.54, 1.807) is 24.3 Å². The number of carbonyl (C=O) groups is 9. The molecule has 19 nitrogen and oxygen atoms in total. The number of nitrogens with one attached hydrogen (secondary N) is 4. The summed E-state index contributed by atoms with van der Waals surface area (Å²) < 4.78 is 0. The minimum atomic E-state index is -1.34. The molecule has 12 N–H and O–H groups in total. The van der Waals surface area contributed by atoms with Gasteiger partial charge in [-0.2, -0.15) is 23.5 Å². The van der Waals surface area contributed by atoms with E-state index in [-0.39, 0.29) is 61.6 Å². The van der Waals surface area contributed by atoms with E-state index >= 15 is 0 Å². The van der Waals surface area contributed by atoms with Crippen LogP contribution in [0.2, 0.25) is 5.02 Å². The second kappa shape index (κ2) is 24.7. The molecule has 1 aromatic carbocycles. The largest absolute Gasteiger partial charge is 0.480 e. The zero-order valence-electron chi connectivity index (χ0n) is 28.3. The molecule has 1 aromatic rings. The summed E-state index contributed by atoms with van der Waals surface area (Å²) in [7, 11) is 0. The standard InChI is InChI=1S/C31H43ClN6O13S2/c32-18-4-2-1-3-17(18)23(53-15-22(29(47)36-13-27(44)45)38-25(41)8-6-20(34)31(50)51)11-16(39)9-10-52-14-21(28(46)35-12-26(42)43)37-24(40)7-5-19(33)30(48)49/h1-4,19-23H,5-15,33-34H2,(H,35,46)(H,36,47)(H,37,40)(H,38,41)(H,42,43)(H,44,45)(H,48,49)(H,50,51)/t19-,20-,21-,22-,23?/m0/s1. The van der Waals surface area contributed by atoms with Crippen LogP contribution in [0, 0.1) is 0 Å². The van der Waals surface area contributed by atoms with Gasteiger partial charge in [0, 0.05) is 53.2 Å². The molecule has 22 heteroatoms. The second-order valence-electron chi connectivity index (χ2n) is 11.3.